The average molecular weight is 171 g/mol. The van der Waals surface area contributed by atoms with Gasteiger partial charge in [-0.2, -0.15) is 0 Å². The maximum absolute atomic E-state index is 5.65. The van der Waals surface area contributed by atoms with Crippen LogP contribution in [-0.4, -0.2) is 25.3 Å². The molecule has 1 N–H and O–H groups in total. The van der Waals surface area contributed by atoms with Gasteiger partial charge >= 0.3 is 0 Å². The Morgan fingerprint density at radius 1 is 1.33 bits per heavy atom. The van der Waals surface area contributed by atoms with Crippen molar-refractivity contribution < 1.29 is 4.74 Å². The van der Waals surface area contributed by atoms with Crippen LogP contribution in [-0.2, 0) is 4.74 Å². The van der Waals surface area contributed by atoms with Gasteiger partial charge in [-0.1, -0.05) is 20.3 Å². The first-order valence-electron chi connectivity index (χ1n) is 5.21. The highest BCUT2D eigenvalue weighted by Gasteiger charge is 2.28. The number of nitrogens with one attached hydrogen (secondary N) is 1. The molecule has 1 saturated carbocycles. The van der Waals surface area contributed by atoms with Crippen LogP contribution in [0.25, 0.3) is 0 Å². The van der Waals surface area contributed by atoms with Crippen LogP contribution >= 0.6 is 0 Å². The predicted molar refractivity (Wildman–Crippen MR) is 51.3 cm³/mol. The fourth-order valence-corrected chi connectivity index (χ4v) is 1.55. The van der Waals surface area contributed by atoms with E-state index >= 15 is 0 Å². The molecule has 1 rings (SSSR count). The molecular weight excluding hydrogens is 150 g/mol. The van der Waals surface area contributed by atoms with E-state index in [1.165, 1.54) is 25.7 Å². The molecule has 1 aliphatic carbocycles. The first-order chi connectivity index (χ1) is 5.86. The second-order valence-corrected chi connectivity index (χ2v) is 3.57. The van der Waals surface area contributed by atoms with Gasteiger partial charge in [-0.15, -0.1) is 0 Å². The van der Waals surface area contributed by atoms with Crippen LogP contribution in [0.3, 0.4) is 0 Å². The van der Waals surface area contributed by atoms with E-state index in [9.17, 15) is 0 Å². The summed E-state index contributed by atoms with van der Waals surface area (Å²) in [4.78, 5) is 0. The summed E-state index contributed by atoms with van der Waals surface area (Å²) in [5.41, 5.74) is 0. The Labute approximate surface area is 75.7 Å². The van der Waals surface area contributed by atoms with Crippen molar-refractivity contribution in [3.63, 3.8) is 0 Å². The monoisotopic (exact) mass is 171 g/mol. The maximum atomic E-state index is 5.65. The topological polar surface area (TPSA) is 21.3 Å². The minimum Gasteiger partial charge on any atom is -0.378 e. The van der Waals surface area contributed by atoms with Crippen LogP contribution < -0.4 is 5.32 Å². The zero-order chi connectivity index (χ0) is 8.81. The van der Waals surface area contributed by atoms with Gasteiger partial charge in [0.25, 0.3) is 0 Å². The molecule has 12 heavy (non-hydrogen) atoms. The number of rotatable bonds is 6. The van der Waals surface area contributed by atoms with Crippen LogP contribution in [0.4, 0.5) is 0 Å². The van der Waals surface area contributed by atoms with Crippen molar-refractivity contribution in [2.45, 2.75) is 51.7 Å². The Bertz CT molecular complexity index is 108. The standard InChI is InChI=1S/C10H21NO/c1-3-5-6-12-10-7-9(8-10)11-4-2/h9-11H,3-8H2,1-2H3. The molecule has 0 bridgehead atoms. The molecule has 0 spiro atoms. The molecule has 2 nitrogen and oxygen atoms in total. The quantitative estimate of drug-likeness (QED) is 0.617. The smallest absolute Gasteiger partial charge is 0.0604 e. The lowest BCUT2D eigenvalue weighted by Gasteiger charge is -2.35. The fraction of sp³-hybridized carbons (Fsp3) is 1.00. The molecule has 0 unspecified atom stereocenters. The normalized spacial score (nSPS) is 28.5. The van der Waals surface area contributed by atoms with Crippen molar-refractivity contribution in [3.8, 4) is 0 Å². The number of hydrogen-bond acceptors (Lipinski definition) is 2. The molecule has 0 aromatic heterocycles. The zero-order valence-corrected chi connectivity index (χ0v) is 8.31. The summed E-state index contributed by atoms with van der Waals surface area (Å²) in [7, 11) is 0. The highest BCUT2D eigenvalue weighted by molar-refractivity contribution is 4.85. The molecule has 0 aromatic rings. The van der Waals surface area contributed by atoms with Gasteiger partial charge in [0.15, 0.2) is 0 Å². The third kappa shape index (κ3) is 3.11. The molecule has 0 heterocycles. The number of ether oxygens (including phenoxy) is 1. The third-order valence-corrected chi connectivity index (χ3v) is 2.44. The first kappa shape index (κ1) is 10.0. The van der Waals surface area contributed by atoms with E-state index in [4.69, 9.17) is 4.74 Å². The molecular formula is C10H21NO. The zero-order valence-electron chi connectivity index (χ0n) is 8.31. The van der Waals surface area contributed by atoms with Crippen LogP contribution in [0, 0.1) is 0 Å². The minimum absolute atomic E-state index is 0.556. The molecule has 0 radical (unpaired) electrons. The van der Waals surface area contributed by atoms with Gasteiger partial charge in [0.1, 0.15) is 0 Å². The van der Waals surface area contributed by atoms with E-state index in [1.807, 2.05) is 0 Å². The SMILES string of the molecule is CCCCOC1CC(NCC)C1. The van der Waals surface area contributed by atoms with E-state index in [1.54, 1.807) is 0 Å². The van der Waals surface area contributed by atoms with Gasteiger partial charge in [-0.05, 0) is 25.8 Å². The second kappa shape index (κ2) is 5.55. The van der Waals surface area contributed by atoms with E-state index in [-0.39, 0.29) is 0 Å². The summed E-state index contributed by atoms with van der Waals surface area (Å²) in [5.74, 6) is 0. The Kier molecular flexibility index (Phi) is 4.62. The van der Waals surface area contributed by atoms with Crippen molar-refractivity contribution >= 4 is 0 Å². The molecule has 0 saturated heterocycles. The molecule has 0 atom stereocenters. The Morgan fingerprint density at radius 2 is 2.08 bits per heavy atom. The largest absolute Gasteiger partial charge is 0.378 e. The van der Waals surface area contributed by atoms with E-state index < -0.39 is 0 Å². The van der Waals surface area contributed by atoms with Gasteiger partial charge in [-0.25, -0.2) is 0 Å². The summed E-state index contributed by atoms with van der Waals surface area (Å²) in [6.45, 7) is 6.41. The van der Waals surface area contributed by atoms with Crippen molar-refractivity contribution in [1.29, 1.82) is 0 Å². The van der Waals surface area contributed by atoms with Gasteiger partial charge < -0.3 is 10.1 Å². The highest BCUT2D eigenvalue weighted by atomic mass is 16.5. The third-order valence-electron chi connectivity index (χ3n) is 2.44. The van der Waals surface area contributed by atoms with Gasteiger partial charge in [0, 0.05) is 12.6 Å². The van der Waals surface area contributed by atoms with Crippen molar-refractivity contribution in [1.82, 2.24) is 5.32 Å². The van der Waals surface area contributed by atoms with E-state index in [0.717, 1.165) is 19.2 Å². The molecule has 1 fully saturated rings. The number of unbranched alkanes of at least 4 members (excludes halogenated alkanes) is 1. The van der Waals surface area contributed by atoms with E-state index in [0.29, 0.717) is 6.10 Å². The summed E-state index contributed by atoms with van der Waals surface area (Å²) in [6.07, 6.45) is 5.45. The van der Waals surface area contributed by atoms with Crippen LogP contribution in [0.15, 0.2) is 0 Å². The van der Waals surface area contributed by atoms with Gasteiger partial charge in [0.05, 0.1) is 6.10 Å². The lowest BCUT2D eigenvalue weighted by Crippen LogP contribution is -2.45. The molecule has 0 amide bonds. The molecule has 0 aromatic carbocycles. The highest BCUT2D eigenvalue weighted by Crippen LogP contribution is 2.23. The Morgan fingerprint density at radius 3 is 2.67 bits per heavy atom. The molecule has 72 valence electrons. The first-order valence-corrected chi connectivity index (χ1v) is 5.21. The van der Waals surface area contributed by atoms with Crippen LogP contribution in [0.1, 0.15) is 39.5 Å². The minimum atomic E-state index is 0.556. The molecule has 2 heteroatoms. The van der Waals surface area contributed by atoms with Gasteiger partial charge in [0.2, 0.25) is 0 Å². The van der Waals surface area contributed by atoms with Crippen molar-refractivity contribution in [2.24, 2.45) is 0 Å². The van der Waals surface area contributed by atoms with Crippen LogP contribution in [0.2, 0.25) is 0 Å². The predicted octanol–water partition coefficient (Wildman–Crippen LogP) is 1.94. The molecule has 1 aliphatic rings. The Balaban J connectivity index is 1.88. The van der Waals surface area contributed by atoms with Crippen LogP contribution in [0.5, 0.6) is 0 Å². The lowest BCUT2D eigenvalue weighted by molar-refractivity contribution is -0.0170. The molecule has 0 aliphatic heterocycles. The van der Waals surface area contributed by atoms with E-state index in [2.05, 4.69) is 19.2 Å². The summed E-state index contributed by atoms with van der Waals surface area (Å²) in [6, 6.07) is 0.738. The fourth-order valence-electron chi connectivity index (χ4n) is 1.55. The maximum Gasteiger partial charge on any atom is 0.0604 e. The summed E-state index contributed by atoms with van der Waals surface area (Å²) in [5, 5.41) is 3.42. The lowest BCUT2D eigenvalue weighted by atomic mass is 9.89. The second-order valence-electron chi connectivity index (χ2n) is 3.57. The Hall–Kier alpha value is -0.0800. The summed E-state index contributed by atoms with van der Waals surface area (Å²) >= 11 is 0. The summed E-state index contributed by atoms with van der Waals surface area (Å²) < 4.78 is 5.65. The average Bonchev–Trinajstić information content (AvgIpc) is 2.00. The van der Waals surface area contributed by atoms with Crippen molar-refractivity contribution in [3.05, 3.63) is 0 Å². The number of hydrogen-bond donors (Lipinski definition) is 1. The van der Waals surface area contributed by atoms with Gasteiger partial charge in [-0.3, -0.25) is 0 Å². The van der Waals surface area contributed by atoms with Crippen molar-refractivity contribution in [2.75, 3.05) is 13.2 Å².